The first-order chi connectivity index (χ1) is 35.5. The van der Waals surface area contributed by atoms with Gasteiger partial charge in [0.1, 0.15) is 13.2 Å². The fourth-order valence-corrected chi connectivity index (χ4v) is 10.0. The van der Waals surface area contributed by atoms with Crippen LogP contribution < -0.4 is 10.2 Å². The van der Waals surface area contributed by atoms with E-state index < -0.39 is 26.6 Å². The molecule has 430 valence electrons. The Kier molecular flexibility index (Phi) is 54.1. The maximum absolute atomic E-state index is 13.0. The maximum Gasteiger partial charge on any atom is 0.268 e. The lowest BCUT2D eigenvalue weighted by molar-refractivity contribution is -0.870. The second-order valence-electron chi connectivity index (χ2n) is 22.7. The SMILES string of the molecule is CCCCCCCCCC/C=C\CCCCCCCCCCCCCCCCCCCCCCCC(=O)NC(COP(=O)([O-])OCC[N+](C)(C)C)C(O)/C=C/CC/C=C/CC/C=C/CCCCCCCCCC. The van der Waals surface area contributed by atoms with Crippen molar-refractivity contribution in [1.29, 1.82) is 0 Å². The van der Waals surface area contributed by atoms with Crippen molar-refractivity contribution in [3.63, 3.8) is 0 Å². The molecular weight excluding hydrogens is 924 g/mol. The number of aliphatic hydroxyl groups excluding tert-OH is 1. The minimum Gasteiger partial charge on any atom is -0.756 e. The van der Waals surface area contributed by atoms with Crippen LogP contribution in [0.25, 0.3) is 0 Å². The second-order valence-corrected chi connectivity index (χ2v) is 24.2. The Balaban J connectivity index is 4.07. The molecule has 8 nitrogen and oxygen atoms in total. The summed E-state index contributed by atoms with van der Waals surface area (Å²) >= 11 is 0. The smallest absolute Gasteiger partial charge is 0.268 e. The number of phosphoric ester groups is 1. The number of phosphoric acid groups is 1. The lowest BCUT2D eigenvalue weighted by Crippen LogP contribution is -2.45. The summed E-state index contributed by atoms with van der Waals surface area (Å²) in [5, 5.41) is 13.9. The summed E-state index contributed by atoms with van der Waals surface area (Å²) in [4.78, 5) is 25.5. The molecule has 3 unspecified atom stereocenters. The van der Waals surface area contributed by atoms with Gasteiger partial charge in [0.05, 0.1) is 39.9 Å². The largest absolute Gasteiger partial charge is 0.756 e. The van der Waals surface area contributed by atoms with Crippen LogP contribution in [0.5, 0.6) is 0 Å². The number of hydrogen-bond acceptors (Lipinski definition) is 6. The zero-order valence-corrected chi connectivity index (χ0v) is 50.0. The third kappa shape index (κ3) is 58.0. The first-order valence-electron chi connectivity index (χ1n) is 31.5. The van der Waals surface area contributed by atoms with Gasteiger partial charge in [-0.1, -0.05) is 274 Å². The summed E-state index contributed by atoms with van der Waals surface area (Å²) in [6.07, 6.45) is 73.6. The van der Waals surface area contributed by atoms with Gasteiger partial charge < -0.3 is 28.8 Å². The van der Waals surface area contributed by atoms with Crippen molar-refractivity contribution in [1.82, 2.24) is 5.32 Å². The molecule has 0 aliphatic heterocycles. The number of rotatable bonds is 58. The average Bonchev–Trinajstić information content (AvgIpc) is 3.35. The second kappa shape index (κ2) is 55.2. The number of allylic oxidation sites excluding steroid dienone is 7. The number of nitrogens with one attached hydrogen (secondary N) is 1. The van der Waals surface area contributed by atoms with E-state index in [1.807, 2.05) is 27.2 Å². The standard InChI is InChI=1S/C64H123N2O6P/c1-6-8-10-12-14-16-18-20-22-24-26-27-28-29-30-31-32-33-34-35-36-37-38-39-40-42-44-46-48-50-52-54-56-58-64(68)65-62(61-72-73(69,70)71-60-59-66(3,4)5)63(67)57-55-53-51-49-47-45-43-41-25-23-21-19-17-15-13-11-9-7-2/h24-26,41,47,49,55,57,62-63,67H,6-23,27-40,42-46,48,50-54,56,58-61H2,1-5H3,(H-,65,68,69,70)/b26-24-,41-25+,49-47+,57-55+. The Morgan fingerprint density at radius 2 is 0.767 bits per heavy atom. The number of likely N-dealkylation sites (N-methyl/N-ethyl adjacent to an activating group) is 1. The monoisotopic (exact) mass is 1050 g/mol. The molecule has 0 aliphatic rings. The molecule has 0 heterocycles. The van der Waals surface area contributed by atoms with Crippen molar-refractivity contribution in [3.05, 3.63) is 48.6 Å². The van der Waals surface area contributed by atoms with E-state index in [-0.39, 0.29) is 12.5 Å². The van der Waals surface area contributed by atoms with Crippen molar-refractivity contribution < 1.29 is 32.9 Å². The Bertz CT molecular complexity index is 1330. The highest BCUT2D eigenvalue weighted by Crippen LogP contribution is 2.38. The number of quaternary nitrogens is 1. The van der Waals surface area contributed by atoms with Gasteiger partial charge in [-0.05, 0) is 70.6 Å². The average molecular weight is 1050 g/mol. The minimum atomic E-state index is -4.61. The highest BCUT2D eigenvalue weighted by Gasteiger charge is 2.23. The van der Waals surface area contributed by atoms with Crippen LogP contribution in [0.4, 0.5) is 0 Å². The molecule has 0 radical (unpaired) electrons. The van der Waals surface area contributed by atoms with E-state index >= 15 is 0 Å². The van der Waals surface area contributed by atoms with E-state index in [1.54, 1.807) is 6.08 Å². The number of carbonyl (C=O) groups excluding carboxylic acids is 1. The molecule has 9 heteroatoms. The van der Waals surface area contributed by atoms with E-state index in [1.165, 1.54) is 238 Å². The number of aliphatic hydroxyl groups is 1. The molecule has 73 heavy (non-hydrogen) atoms. The molecule has 3 atom stereocenters. The fourth-order valence-electron chi connectivity index (χ4n) is 9.30. The van der Waals surface area contributed by atoms with E-state index in [0.717, 1.165) is 44.9 Å². The van der Waals surface area contributed by atoms with Gasteiger partial charge in [-0.25, -0.2) is 0 Å². The van der Waals surface area contributed by atoms with E-state index in [9.17, 15) is 19.4 Å². The molecule has 0 bridgehead atoms. The summed E-state index contributed by atoms with van der Waals surface area (Å²) in [7, 11) is 1.24. The summed E-state index contributed by atoms with van der Waals surface area (Å²) in [6, 6.07) is -0.909. The molecular formula is C64H123N2O6P. The molecule has 0 spiro atoms. The van der Waals surface area contributed by atoms with Crippen LogP contribution >= 0.6 is 7.82 Å². The van der Waals surface area contributed by atoms with Crippen LogP contribution in [0.15, 0.2) is 48.6 Å². The molecule has 1 amide bonds. The number of amides is 1. The van der Waals surface area contributed by atoms with E-state index in [4.69, 9.17) is 9.05 Å². The van der Waals surface area contributed by atoms with Gasteiger partial charge >= 0.3 is 0 Å². The Labute approximate surface area is 454 Å². The quantitative estimate of drug-likeness (QED) is 0.0272. The molecule has 0 aromatic rings. The maximum atomic E-state index is 13.0. The van der Waals surface area contributed by atoms with Crippen LogP contribution in [0.1, 0.15) is 303 Å². The Morgan fingerprint density at radius 1 is 0.466 bits per heavy atom. The molecule has 0 saturated heterocycles. The number of nitrogens with zero attached hydrogens (tertiary/aromatic N) is 1. The van der Waals surface area contributed by atoms with Gasteiger partial charge in [0.2, 0.25) is 5.91 Å². The van der Waals surface area contributed by atoms with Crippen molar-refractivity contribution in [2.45, 2.75) is 315 Å². The minimum absolute atomic E-state index is 0.00829. The van der Waals surface area contributed by atoms with Crippen molar-refractivity contribution >= 4 is 13.7 Å². The summed E-state index contributed by atoms with van der Waals surface area (Å²) in [5.41, 5.74) is 0. The lowest BCUT2D eigenvalue weighted by atomic mass is 10.0. The summed E-state index contributed by atoms with van der Waals surface area (Å²) in [5.74, 6) is -0.207. The third-order valence-corrected chi connectivity index (χ3v) is 15.2. The first-order valence-corrected chi connectivity index (χ1v) is 33.0. The van der Waals surface area contributed by atoms with E-state index in [0.29, 0.717) is 17.4 Å². The van der Waals surface area contributed by atoms with E-state index in [2.05, 4.69) is 55.6 Å². The topological polar surface area (TPSA) is 108 Å². The normalized spacial score (nSPS) is 14.1. The van der Waals surface area contributed by atoms with Gasteiger partial charge in [-0.2, -0.15) is 0 Å². The molecule has 2 N–H and O–H groups in total. The molecule has 0 rings (SSSR count). The van der Waals surface area contributed by atoms with Crippen LogP contribution in [0.2, 0.25) is 0 Å². The van der Waals surface area contributed by atoms with Gasteiger partial charge in [0.25, 0.3) is 7.82 Å². The number of unbranched alkanes of at least 4 members (excludes halogenated alkanes) is 39. The zero-order valence-electron chi connectivity index (χ0n) is 49.1. The first kappa shape index (κ1) is 71.5. The van der Waals surface area contributed by atoms with Crippen molar-refractivity contribution in [3.8, 4) is 0 Å². The Hall–Kier alpha value is -1.54. The van der Waals surface area contributed by atoms with Crippen LogP contribution in [-0.2, 0) is 18.4 Å². The van der Waals surface area contributed by atoms with Crippen LogP contribution in [0, 0.1) is 0 Å². The molecule has 0 aliphatic carbocycles. The predicted molar refractivity (Wildman–Crippen MR) is 316 cm³/mol. The molecule has 0 saturated carbocycles. The zero-order chi connectivity index (χ0) is 53.5. The van der Waals surface area contributed by atoms with Gasteiger partial charge in [-0.3, -0.25) is 9.36 Å². The summed E-state index contributed by atoms with van der Waals surface area (Å²) in [6.45, 7) is 4.65. The predicted octanol–water partition coefficient (Wildman–Crippen LogP) is 18.9. The Morgan fingerprint density at radius 3 is 1.11 bits per heavy atom. The lowest BCUT2D eigenvalue weighted by Gasteiger charge is -2.29. The summed E-state index contributed by atoms with van der Waals surface area (Å²) < 4.78 is 23.3. The highest BCUT2D eigenvalue weighted by molar-refractivity contribution is 7.45. The molecule has 0 aromatic heterocycles. The van der Waals surface area contributed by atoms with Gasteiger partial charge in [-0.15, -0.1) is 0 Å². The van der Waals surface area contributed by atoms with Crippen LogP contribution in [-0.4, -0.2) is 68.5 Å². The number of carbonyl (C=O) groups is 1. The third-order valence-electron chi connectivity index (χ3n) is 14.2. The highest BCUT2D eigenvalue weighted by atomic mass is 31.2. The van der Waals surface area contributed by atoms with Crippen molar-refractivity contribution in [2.24, 2.45) is 0 Å². The number of hydrogen-bond donors (Lipinski definition) is 2. The van der Waals surface area contributed by atoms with Crippen LogP contribution in [0.3, 0.4) is 0 Å². The molecule has 0 fully saturated rings. The fraction of sp³-hybridized carbons (Fsp3) is 0.859. The van der Waals surface area contributed by atoms with Gasteiger partial charge in [0, 0.05) is 6.42 Å². The van der Waals surface area contributed by atoms with Crippen molar-refractivity contribution in [2.75, 3.05) is 40.9 Å². The molecule has 0 aromatic carbocycles. The van der Waals surface area contributed by atoms with Gasteiger partial charge in [0.15, 0.2) is 0 Å².